The van der Waals surface area contributed by atoms with Crippen LogP contribution in [0.3, 0.4) is 0 Å². The van der Waals surface area contributed by atoms with Gasteiger partial charge in [-0.2, -0.15) is 0 Å². The van der Waals surface area contributed by atoms with E-state index in [0.717, 1.165) is 123 Å². The summed E-state index contributed by atoms with van der Waals surface area (Å²) in [5.74, 6) is 3.47. The lowest BCUT2D eigenvalue weighted by atomic mass is 9.66. The molecule has 2 aliphatic carbocycles. The Kier molecular flexibility index (Phi) is 10.8. The number of hydrogen-bond acceptors (Lipinski definition) is 3. The SMILES string of the molecule is c1ccc2c(c1)Oc1cc3c(cc1C21c2ccccc2-c2ccccc21)c1c2ccccc2ccc1n3-c1ccc(-c2ccc3c(-c4ccc5c(ccc6c5c5cc7c(cc5n6-c5ccc6c(c5)oc5ccccc56)Oc5ccccc5C75c6ccccc6-c6ccccc65)c4)cccc3c2)cc1. The van der Waals surface area contributed by atoms with Gasteiger partial charge in [0, 0.05) is 84.1 Å². The molecule has 0 fully saturated rings. The molecule has 0 atom stereocenters. The third-order valence-electron chi connectivity index (χ3n) is 23.6. The number of furan rings is 1. The van der Waals surface area contributed by atoms with Crippen molar-refractivity contribution in [1.29, 1.82) is 0 Å². The molecule has 0 bridgehead atoms. The van der Waals surface area contributed by atoms with E-state index in [1.54, 1.807) is 0 Å². The lowest BCUT2D eigenvalue weighted by Gasteiger charge is -2.39. The second kappa shape index (κ2) is 20.1. The van der Waals surface area contributed by atoms with Crippen molar-refractivity contribution in [1.82, 2.24) is 9.13 Å². The van der Waals surface area contributed by atoms with Gasteiger partial charge in [0.1, 0.15) is 34.2 Å². The first-order valence-corrected chi connectivity index (χ1v) is 35.6. The standard InChI is InChI=1S/C98H56N2O3/c1-2-20-67-58(18-1)40-48-85-95(67)75-53-83-93(102-90-34-15-12-31-81(90)97(83)77-27-8-3-21-69(77)70-22-4-9-28-78(70)97)55-87(75)99(85)63-42-36-57(37-43-63)59-38-45-66-60(50-59)19-17-26-65(66)61-39-46-68-62(51-61)41-49-86-96(68)76-54-84-94(56-88(76)100(86)64-44-47-74-73-25-7-14-33-89(73)101-92(74)52-64)103-91-35-16-13-32-82(91)98(84)79-29-10-5-23-71(79)72-24-6-11-30-80(72)98/h1-56H. The predicted molar refractivity (Wildman–Crippen MR) is 421 cm³/mol. The van der Waals surface area contributed by atoms with Crippen molar-refractivity contribution in [2.45, 2.75) is 10.8 Å². The number of ether oxygens (including phenoxy) is 2. The van der Waals surface area contributed by atoms with E-state index in [-0.39, 0.29) is 0 Å². The number of hydrogen-bond donors (Lipinski definition) is 0. The molecule has 0 radical (unpaired) electrons. The van der Waals surface area contributed by atoms with Gasteiger partial charge in [0.25, 0.3) is 0 Å². The zero-order chi connectivity index (χ0) is 67.0. The van der Waals surface area contributed by atoms with Crippen LogP contribution < -0.4 is 9.47 Å². The van der Waals surface area contributed by atoms with Gasteiger partial charge in [-0.25, -0.2) is 0 Å². The van der Waals surface area contributed by atoms with E-state index in [2.05, 4.69) is 343 Å². The number of nitrogens with zero attached hydrogens (tertiary/aromatic N) is 2. The summed E-state index contributed by atoms with van der Waals surface area (Å²) in [6.45, 7) is 0. The van der Waals surface area contributed by atoms with E-state index in [4.69, 9.17) is 13.9 Å². The van der Waals surface area contributed by atoms with Crippen LogP contribution in [0.4, 0.5) is 0 Å². The van der Waals surface area contributed by atoms with Crippen LogP contribution in [-0.4, -0.2) is 9.13 Å². The first-order valence-electron chi connectivity index (χ1n) is 35.6. The van der Waals surface area contributed by atoms with Gasteiger partial charge in [0.15, 0.2) is 0 Å². The van der Waals surface area contributed by atoms with E-state index >= 15 is 0 Å². The highest BCUT2D eigenvalue weighted by Crippen LogP contribution is 2.65. The quantitative estimate of drug-likeness (QED) is 0.176. The summed E-state index contributed by atoms with van der Waals surface area (Å²) < 4.78 is 25.8. The van der Waals surface area contributed by atoms with Gasteiger partial charge >= 0.3 is 0 Å². The molecule has 5 heteroatoms. The first-order chi connectivity index (χ1) is 51.0. The number of aromatic nitrogens is 2. The minimum absolute atomic E-state index is 0.579. The van der Waals surface area contributed by atoms with E-state index in [1.165, 1.54) is 98.5 Å². The Bertz CT molecular complexity index is 7110. The lowest BCUT2D eigenvalue weighted by molar-refractivity contribution is 0.437. The molecule has 2 aliphatic heterocycles. The van der Waals surface area contributed by atoms with Crippen LogP contribution in [0.2, 0.25) is 0 Å². The molecule has 2 spiro atoms. The van der Waals surface area contributed by atoms with Gasteiger partial charge in [0.05, 0.1) is 32.9 Å². The molecule has 0 N–H and O–H groups in total. The predicted octanol–water partition coefficient (Wildman–Crippen LogP) is 25.5. The first kappa shape index (κ1) is 55.4. The fourth-order valence-corrected chi connectivity index (χ4v) is 19.4. The Morgan fingerprint density at radius 3 is 1.26 bits per heavy atom. The average molecular weight is 1310 g/mol. The molecule has 5 nitrogen and oxygen atoms in total. The molecule has 0 saturated carbocycles. The van der Waals surface area contributed by atoms with E-state index in [9.17, 15) is 0 Å². The third kappa shape index (κ3) is 7.19. The molecular weight excluding hydrogens is 1250 g/mol. The van der Waals surface area contributed by atoms with Crippen molar-refractivity contribution in [3.8, 4) is 78.9 Å². The second-order valence-electron chi connectivity index (χ2n) is 28.4. The molecule has 17 aromatic carbocycles. The highest BCUT2D eigenvalue weighted by molar-refractivity contribution is 6.24. The summed E-state index contributed by atoms with van der Waals surface area (Å²) in [7, 11) is 0. The maximum absolute atomic E-state index is 7.19. The van der Waals surface area contributed by atoms with Crippen LogP contribution in [0.15, 0.2) is 344 Å². The van der Waals surface area contributed by atoms with Crippen molar-refractivity contribution in [2.24, 2.45) is 0 Å². The van der Waals surface area contributed by atoms with Crippen LogP contribution in [0.5, 0.6) is 23.0 Å². The van der Waals surface area contributed by atoms with Crippen molar-refractivity contribution in [2.75, 3.05) is 0 Å². The van der Waals surface area contributed by atoms with Gasteiger partial charge in [-0.1, -0.05) is 243 Å². The number of rotatable bonds is 4. The van der Waals surface area contributed by atoms with Gasteiger partial charge in [0.2, 0.25) is 0 Å². The topological polar surface area (TPSA) is 41.5 Å². The molecule has 0 unspecified atom stereocenters. The maximum Gasteiger partial charge on any atom is 0.137 e. The fourth-order valence-electron chi connectivity index (χ4n) is 19.4. The summed E-state index contributed by atoms with van der Waals surface area (Å²) in [5.41, 5.74) is 26.5. The number of benzene rings is 17. The van der Waals surface area contributed by atoms with Crippen LogP contribution >= 0.6 is 0 Å². The third-order valence-corrected chi connectivity index (χ3v) is 23.6. The van der Waals surface area contributed by atoms with Crippen LogP contribution in [0.25, 0.3) is 154 Å². The molecule has 476 valence electrons. The second-order valence-corrected chi connectivity index (χ2v) is 28.4. The minimum Gasteiger partial charge on any atom is -0.457 e. The van der Waals surface area contributed by atoms with E-state index in [0.29, 0.717) is 0 Å². The van der Waals surface area contributed by atoms with Gasteiger partial charge in [-0.15, -0.1) is 0 Å². The summed E-state index contributed by atoms with van der Waals surface area (Å²) in [5, 5.41) is 14.2. The minimum atomic E-state index is -0.625. The van der Waals surface area contributed by atoms with Gasteiger partial charge < -0.3 is 23.0 Å². The molecule has 3 aromatic heterocycles. The average Bonchev–Trinajstić information content (AvgIpc) is 1.54. The summed E-state index contributed by atoms with van der Waals surface area (Å²) in [6, 6.07) is 126. The molecule has 5 heterocycles. The summed E-state index contributed by atoms with van der Waals surface area (Å²) in [4.78, 5) is 0. The summed E-state index contributed by atoms with van der Waals surface area (Å²) >= 11 is 0. The molecular formula is C98H56N2O3. The normalized spacial score (nSPS) is 13.9. The zero-order valence-corrected chi connectivity index (χ0v) is 55.5. The van der Waals surface area contributed by atoms with Crippen LogP contribution in [-0.2, 0) is 10.8 Å². The summed E-state index contributed by atoms with van der Waals surface area (Å²) in [6.07, 6.45) is 0. The zero-order valence-electron chi connectivity index (χ0n) is 55.5. The Balaban J connectivity index is 0.640. The van der Waals surface area contributed by atoms with Crippen molar-refractivity contribution in [3.63, 3.8) is 0 Å². The molecule has 0 saturated heterocycles. The smallest absolute Gasteiger partial charge is 0.137 e. The number of fused-ring (bicyclic) bond motifs is 32. The van der Waals surface area contributed by atoms with Crippen LogP contribution in [0.1, 0.15) is 44.5 Å². The molecule has 20 aromatic rings. The molecule has 0 amide bonds. The molecule has 103 heavy (non-hydrogen) atoms. The largest absolute Gasteiger partial charge is 0.457 e. The van der Waals surface area contributed by atoms with E-state index in [1.807, 2.05) is 6.07 Å². The maximum atomic E-state index is 7.19. The van der Waals surface area contributed by atoms with Crippen molar-refractivity contribution in [3.05, 3.63) is 384 Å². The van der Waals surface area contributed by atoms with Gasteiger partial charge in [-0.05, 0) is 178 Å². The Hall–Kier alpha value is -13.5. The monoisotopic (exact) mass is 1310 g/mol. The van der Waals surface area contributed by atoms with Crippen LogP contribution in [0, 0.1) is 0 Å². The van der Waals surface area contributed by atoms with Crippen molar-refractivity contribution >= 4 is 97.9 Å². The number of para-hydroxylation sites is 3. The molecule has 4 aliphatic rings. The van der Waals surface area contributed by atoms with Crippen molar-refractivity contribution < 1.29 is 13.9 Å². The van der Waals surface area contributed by atoms with Gasteiger partial charge in [-0.3, -0.25) is 0 Å². The highest BCUT2D eigenvalue weighted by atomic mass is 16.5. The van der Waals surface area contributed by atoms with E-state index < -0.39 is 10.8 Å². The Morgan fingerprint density at radius 1 is 0.214 bits per heavy atom. The highest BCUT2D eigenvalue weighted by Gasteiger charge is 2.53. The molecule has 24 rings (SSSR count). The Labute approximate surface area is 591 Å². The lowest BCUT2D eigenvalue weighted by Crippen LogP contribution is -2.32. The fraction of sp³-hybridized carbons (Fsp3) is 0.0204. The Morgan fingerprint density at radius 2 is 0.641 bits per heavy atom.